The van der Waals surface area contributed by atoms with Gasteiger partial charge in [-0.1, -0.05) is 19.1 Å². The molecule has 1 aromatic heterocycles. The SMILES string of the molecule is CCCNC(Cc1c(F)cccc1F)c1cccnc1C. The van der Waals surface area contributed by atoms with Gasteiger partial charge < -0.3 is 5.32 Å². The predicted molar refractivity (Wildman–Crippen MR) is 80.1 cm³/mol. The lowest BCUT2D eigenvalue weighted by Gasteiger charge is -2.21. The van der Waals surface area contributed by atoms with Crippen molar-refractivity contribution in [3.63, 3.8) is 0 Å². The van der Waals surface area contributed by atoms with Gasteiger partial charge in [-0.2, -0.15) is 0 Å². The number of benzene rings is 1. The Kier molecular flexibility index (Phi) is 5.39. The smallest absolute Gasteiger partial charge is 0.129 e. The summed E-state index contributed by atoms with van der Waals surface area (Å²) in [7, 11) is 0. The van der Waals surface area contributed by atoms with Crippen LogP contribution in [0.5, 0.6) is 0 Å². The maximum atomic E-state index is 13.9. The molecule has 0 aliphatic carbocycles. The molecule has 2 aromatic rings. The molecule has 0 bridgehead atoms. The molecule has 0 saturated carbocycles. The molecule has 112 valence electrons. The highest BCUT2D eigenvalue weighted by molar-refractivity contribution is 5.27. The van der Waals surface area contributed by atoms with E-state index in [0.717, 1.165) is 24.2 Å². The number of nitrogens with zero attached hydrogens (tertiary/aromatic N) is 1. The first kappa shape index (κ1) is 15.6. The molecule has 0 aliphatic rings. The fraction of sp³-hybridized carbons (Fsp3) is 0.353. The second-order valence-corrected chi connectivity index (χ2v) is 5.09. The van der Waals surface area contributed by atoms with Crippen LogP contribution in [0.4, 0.5) is 8.78 Å². The average molecular weight is 290 g/mol. The minimum absolute atomic E-state index is 0.120. The summed E-state index contributed by atoms with van der Waals surface area (Å²) in [4.78, 5) is 4.27. The van der Waals surface area contributed by atoms with Gasteiger partial charge in [-0.15, -0.1) is 0 Å². The molecule has 1 unspecified atom stereocenters. The van der Waals surface area contributed by atoms with Crippen LogP contribution in [0.15, 0.2) is 36.5 Å². The van der Waals surface area contributed by atoms with E-state index in [-0.39, 0.29) is 18.0 Å². The summed E-state index contributed by atoms with van der Waals surface area (Å²) < 4.78 is 27.7. The van der Waals surface area contributed by atoms with Gasteiger partial charge in [0.05, 0.1) is 0 Å². The molecule has 0 aliphatic heterocycles. The highest BCUT2D eigenvalue weighted by Gasteiger charge is 2.18. The lowest BCUT2D eigenvalue weighted by atomic mass is 9.97. The van der Waals surface area contributed by atoms with Crippen LogP contribution in [-0.4, -0.2) is 11.5 Å². The molecule has 2 rings (SSSR count). The zero-order valence-electron chi connectivity index (χ0n) is 12.4. The van der Waals surface area contributed by atoms with E-state index >= 15 is 0 Å². The predicted octanol–water partition coefficient (Wildman–Crippen LogP) is 3.95. The summed E-state index contributed by atoms with van der Waals surface area (Å²) in [6.07, 6.45) is 2.94. The highest BCUT2D eigenvalue weighted by atomic mass is 19.1. The van der Waals surface area contributed by atoms with E-state index in [2.05, 4.69) is 17.2 Å². The van der Waals surface area contributed by atoms with Gasteiger partial charge in [-0.25, -0.2) is 8.78 Å². The standard InChI is InChI=1S/C17H20F2N2/c1-3-9-21-17(13-6-5-10-20-12(13)2)11-14-15(18)7-4-8-16(14)19/h4-8,10,17,21H,3,9,11H2,1-2H3. The maximum absolute atomic E-state index is 13.9. The summed E-state index contributed by atoms with van der Waals surface area (Å²) >= 11 is 0. The van der Waals surface area contributed by atoms with E-state index in [1.807, 2.05) is 19.1 Å². The zero-order valence-corrected chi connectivity index (χ0v) is 12.4. The summed E-state index contributed by atoms with van der Waals surface area (Å²) in [5.74, 6) is -1.00. The Morgan fingerprint density at radius 3 is 2.48 bits per heavy atom. The quantitative estimate of drug-likeness (QED) is 0.871. The van der Waals surface area contributed by atoms with Gasteiger partial charge >= 0.3 is 0 Å². The summed E-state index contributed by atoms with van der Waals surface area (Å²) in [5, 5.41) is 3.36. The van der Waals surface area contributed by atoms with Gasteiger partial charge in [0.25, 0.3) is 0 Å². The molecule has 1 atom stereocenters. The third-order valence-electron chi connectivity index (χ3n) is 3.53. The lowest BCUT2D eigenvalue weighted by Crippen LogP contribution is -2.25. The average Bonchev–Trinajstić information content (AvgIpc) is 2.47. The van der Waals surface area contributed by atoms with E-state index in [1.165, 1.54) is 18.2 Å². The van der Waals surface area contributed by atoms with Gasteiger partial charge in [0.15, 0.2) is 0 Å². The Labute approximate surface area is 124 Å². The van der Waals surface area contributed by atoms with Crippen molar-refractivity contribution in [1.29, 1.82) is 0 Å². The van der Waals surface area contributed by atoms with Crippen LogP contribution < -0.4 is 5.32 Å². The van der Waals surface area contributed by atoms with Crippen LogP contribution in [0.3, 0.4) is 0 Å². The number of nitrogens with one attached hydrogen (secondary N) is 1. The van der Waals surface area contributed by atoms with Crippen LogP contribution >= 0.6 is 0 Å². The van der Waals surface area contributed by atoms with Crippen molar-refractivity contribution < 1.29 is 8.78 Å². The highest BCUT2D eigenvalue weighted by Crippen LogP contribution is 2.23. The van der Waals surface area contributed by atoms with E-state index in [1.54, 1.807) is 6.20 Å². The molecule has 1 heterocycles. The number of aromatic nitrogens is 1. The molecule has 2 nitrogen and oxygen atoms in total. The number of halogens is 2. The molecule has 0 radical (unpaired) electrons. The minimum Gasteiger partial charge on any atom is -0.310 e. The van der Waals surface area contributed by atoms with E-state index in [9.17, 15) is 8.78 Å². The summed E-state index contributed by atoms with van der Waals surface area (Å²) in [6.45, 7) is 4.76. The Morgan fingerprint density at radius 2 is 1.86 bits per heavy atom. The van der Waals surface area contributed by atoms with Crippen molar-refractivity contribution in [2.45, 2.75) is 32.7 Å². The van der Waals surface area contributed by atoms with Crippen molar-refractivity contribution in [2.75, 3.05) is 6.54 Å². The number of hydrogen-bond donors (Lipinski definition) is 1. The number of rotatable bonds is 6. The Hall–Kier alpha value is -1.81. The minimum atomic E-state index is -0.500. The molecule has 1 N–H and O–H groups in total. The number of aryl methyl sites for hydroxylation is 1. The van der Waals surface area contributed by atoms with Gasteiger partial charge in [0.2, 0.25) is 0 Å². The first-order chi connectivity index (χ1) is 10.1. The van der Waals surface area contributed by atoms with E-state index < -0.39 is 11.6 Å². The van der Waals surface area contributed by atoms with Crippen LogP contribution in [0.25, 0.3) is 0 Å². The molecule has 1 aromatic carbocycles. The van der Waals surface area contributed by atoms with Crippen LogP contribution in [-0.2, 0) is 6.42 Å². The van der Waals surface area contributed by atoms with E-state index in [0.29, 0.717) is 0 Å². The van der Waals surface area contributed by atoms with Crippen molar-refractivity contribution in [3.8, 4) is 0 Å². The second kappa shape index (κ2) is 7.27. The number of pyridine rings is 1. The van der Waals surface area contributed by atoms with Crippen molar-refractivity contribution in [1.82, 2.24) is 10.3 Å². The maximum Gasteiger partial charge on any atom is 0.129 e. The largest absolute Gasteiger partial charge is 0.310 e. The monoisotopic (exact) mass is 290 g/mol. The molecule has 0 amide bonds. The van der Waals surface area contributed by atoms with Gasteiger partial charge in [0.1, 0.15) is 11.6 Å². The molecule has 0 saturated heterocycles. The van der Waals surface area contributed by atoms with Crippen LogP contribution in [0, 0.1) is 18.6 Å². The topological polar surface area (TPSA) is 24.9 Å². The normalized spacial score (nSPS) is 12.4. The van der Waals surface area contributed by atoms with Crippen LogP contribution in [0.2, 0.25) is 0 Å². The van der Waals surface area contributed by atoms with Crippen molar-refractivity contribution >= 4 is 0 Å². The third kappa shape index (κ3) is 3.85. The van der Waals surface area contributed by atoms with Crippen molar-refractivity contribution in [2.24, 2.45) is 0 Å². The van der Waals surface area contributed by atoms with Gasteiger partial charge in [-0.3, -0.25) is 4.98 Å². The molecule has 21 heavy (non-hydrogen) atoms. The van der Waals surface area contributed by atoms with E-state index in [4.69, 9.17) is 0 Å². The summed E-state index contributed by atoms with van der Waals surface area (Å²) in [6, 6.07) is 7.63. The zero-order chi connectivity index (χ0) is 15.2. The first-order valence-electron chi connectivity index (χ1n) is 7.21. The van der Waals surface area contributed by atoms with Gasteiger partial charge in [0, 0.05) is 23.5 Å². The Bertz CT molecular complexity index is 579. The molecular weight excluding hydrogens is 270 g/mol. The van der Waals surface area contributed by atoms with Crippen molar-refractivity contribution in [3.05, 3.63) is 65.0 Å². The molecule has 0 fully saturated rings. The number of hydrogen-bond acceptors (Lipinski definition) is 2. The second-order valence-electron chi connectivity index (χ2n) is 5.09. The van der Waals surface area contributed by atoms with Crippen LogP contribution in [0.1, 0.15) is 36.2 Å². The molecular formula is C17H20F2N2. The first-order valence-corrected chi connectivity index (χ1v) is 7.21. The lowest BCUT2D eigenvalue weighted by molar-refractivity contribution is 0.487. The molecule has 0 spiro atoms. The summed E-state index contributed by atoms with van der Waals surface area (Å²) in [5.41, 5.74) is 1.98. The fourth-order valence-electron chi connectivity index (χ4n) is 2.41. The van der Waals surface area contributed by atoms with Gasteiger partial charge in [-0.05, 0) is 50.1 Å². The third-order valence-corrected chi connectivity index (χ3v) is 3.53. The fourth-order valence-corrected chi connectivity index (χ4v) is 2.41. The Balaban J connectivity index is 2.31. The Morgan fingerprint density at radius 1 is 1.14 bits per heavy atom. The molecule has 4 heteroatoms.